The number of carbonyl (C=O) groups is 4. The molecule has 0 unspecified atom stereocenters. The summed E-state index contributed by atoms with van der Waals surface area (Å²) in [5.74, 6) is 0.237. The zero-order chi connectivity index (χ0) is 38.5. The molecule has 0 radical (unpaired) electrons. The van der Waals surface area contributed by atoms with Crippen LogP contribution in [0, 0.1) is 12.8 Å². The highest BCUT2D eigenvalue weighted by Crippen LogP contribution is 2.25. The Morgan fingerprint density at radius 2 is 1.65 bits per heavy atom. The van der Waals surface area contributed by atoms with Gasteiger partial charge >= 0.3 is 6.09 Å². The Kier molecular flexibility index (Phi) is 18.3. The number of aliphatic hydroxyl groups excluding tert-OH is 1. The Bertz CT molecular complexity index is 1610. The molecular formula is C41H57ClN6O6. The summed E-state index contributed by atoms with van der Waals surface area (Å²) in [6.07, 6.45) is 14.5. The quantitative estimate of drug-likeness (QED) is 0.0838. The van der Waals surface area contributed by atoms with Crippen LogP contribution in [0.3, 0.4) is 0 Å². The fraction of sp³-hybridized carbons (Fsp3) is 0.537. The third-order valence-electron chi connectivity index (χ3n) is 9.98. The Balaban J connectivity index is 1.21. The van der Waals surface area contributed by atoms with Crippen LogP contribution in [0.15, 0.2) is 60.9 Å². The number of hydrogen-bond acceptors (Lipinski definition) is 7. The van der Waals surface area contributed by atoms with Crippen LogP contribution >= 0.6 is 11.6 Å². The van der Waals surface area contributed by atoms with Crippen molar-refractivity contribution < 1.29 is 29.0 Å². The minimum atomic E-state index is -1.22. The van der Waals surface area contributed by atoms with E-state index in [9.17, 15) is 24.3 Å². The number of benzene rings is 2. The van der Waals surface area contributed by atoms with Crippen molar-refractivity contribution in [3.05, 3.63) is 88.5 Å². The molecule has 4 amide bonds. The van der Waals surface area contributed by atoms with E-state index in [1.165, 1.54) is 37.7 Å². The highest BCUT2D eigenvalue weighted by atomic mass is 35.5. The molecule has 2 atom stereocenters. The van der Waals surface area contributed by atoms with E-state index in [4.69, 9.17) is 16.3 Å². The first-order valence-corrected chi connectivity index (χ1v) is 19.8. The Morgan fingerprint density at radius 1 is 0.889 bits per heavy atom. The lowest BCUT2D eigenvalue weighted by atomic mass is 9.87. The average Bonchev–Trinajstić information content (AvgIpc) is 3.59. The van der Waals surface area contributed by atoms with Gasteiger partial charge in [-0.25, -0.2) is 9.78 Å². The molecule has 0 spiro atoms. The van der Waals surface area contributed by atoms with Gasteiger partial charge in [-0.3, -0.25) is 14.4 Å². The van der Waals surface area contributed by atoms with Gasteiger partial charge in [0.15, 0.2) is 0 Å². The number of alkyl carbamates (subject to hydrolysis) is 1. The standard InChI is InChI=1S/C41H57ClN6O6/c1-30-43-24-26-48(30)25-10-8-13-32-17-19-33(20-18-32)27-38(50)46-37(28-49)40(52)47-36(39(51)44-23-21-31-11-3-2-4-12-31)16-7-9-22-45-41(53)54-29-34-14-5-6-15-35(34)42/h5-6,14-15,17-20,24,26,31,36-37,49H,2-4,7-13,16,21-23,25,27-29H2,1H3,(H,44,51)(H,45,53)(H,46,50)(H,47,52)/t36-,37-/m1/s1. The van der Waals surface area contributed by atoms with E-state index in [0.29, 0.717) is 48.9 Å². The first-order valence-electron chi connectivity index (χ1n) is 19.4. The van der Waals surface area contributed by atoms with Crippen molar-refractivity contribution in [1.29, 1.82) is 0 Å². The fourth-order valence-corrected chi connectivity index (χ4v) is 6.90. The molecular weight excluding hydrogens is 708 g/mol. The summed E-state index contributed by atoms with van der Waals surface area (Å²) in [6, 6.07) is 12.9. The molecule has 1 saturated carbocycles. The number of ether oxygens (including phenoxy) is 1. The summed E-state index contributed by atoms with van der Waals surface area (Å²) in [4.78, 5) is 56.0. The molecule has 0 saturated heterocycles. The Morgan fingerprint density at radius 3 is 2.37 bits per heavy atom. The maximum Gasteiger partial charge on any atom is 0.407 e. The zero-order valence-electron chi connectivity index (χ0n) is 31.5. The molecule has 2 aromatic carbocycles. The van der Waals surface area contributed by atoms with E-state index in [-0.39, 0.29) is 18.9 Å². The van der Waals surface area contributed by atoms with Gasteiger partial charge in [-0.05, 0) is 75.0 Å². The van der Waals surface area contributed by atoms with Crippen LogP contribution in [-0.4, -0.2) is 70.3 Å². The van der Waals surface area contributed by atoms with E-state index in [0.717, 1.165) is 43.6 Å². The van der Waals surface area contributed by atoms with Gasteiger partial charge in [0, 0.05) is 42.6 Å². The molecule has 54 heavy (non-hydrogen) atoms. The maximum absolute atomic E-state index is 13.3. The highest BCUT2D eigenvalue weighted by molar-refractivity contribution is 6.31. The predicted molar refractivity (Wildman–Crippen MR) is 209 cm³/mol. The Hall–Kier alpha value is -4.42. The van der Waals surface area contributed by atoms with E-state index in [1.807, 2.05) is 49.6 Å². The van der Waals surface area contributed by atoms with Crippen LogP contribution in [0.1, 0.15) is 93.1 Å². The molecule has 1 aliphatic rings. The van der Waals surface area contributed by atoms with Crippen molar-refractivity contribution in [1.82, 2.24) is 30.8 Å². The lowest BCUT2D eigenvalue weighted by Crippen LogP contribution is -2.55. The summed E-state index contributed by atoms with van der Waals surface area (Å²) in [5.41, 5.74) is 2.67. The highest BCUT2D eigenvalue weighted by Gasteiger charge is 2.26. The van der Waals surface area contributed by atoms with Gasteiger partial charge in [0.1, 0.15) is 24.5 Å². The first-order chi connectivity index (χ1) is 26.2. The normalized spacial score (nSPS) is 14.1. The lowest BCUT2D eigenvalue weighted by Gasteiger charge is -2.24. The largest absolute Gasteiger partial charge is 0.445 e. The molecule has 4 rings (SSSR count). The van der Waals surface area contributed by atoms with Crippen LogP contribution in [-0.2, 0) is 45.1 Å². The van der Waals surface area contributed by atoms with Crippen molar-refractivity contribution in [3.63, 3.8) is 0 Å². The number of aliphatic hydroxyl groups is 1. The van der Waals surface area contributed by atoms with Gasteiger partial charge in [0.05, 0.1) is 13.0 Å². The first kappa shape index (κ1) is 42.3. The number of halogens is 1. The van der Waals surface area contributed by atoms with Gasteiger partial charge in [0.2, 0.25) is 17.7 Å². The number of carbonyl (C=O) groups excluding carboxylic acids is 4. The molecule has 1 fully saturated rings. The number of imidazole rings is 1. The molecule has 12 nitrogen and oxygen atoms in total. The van der Waals surface area contributed by atoms with E-state index in [2.05, 4.69) is 30.8 Å². The van der Waals surface area contributed by atoms with Gasteiger partial charge in [-0.1, -0.05) is 86.2 Å². The number of hydrogen-bond donors (Lipinski definition) is 5. The van der Waals surface area contributed by atoms with Crippen molar-refractivity contribution in [3.8, 4) is 0 Å². The van der Waals surface area contributed by atoms with Crippen molar-refractivity contribution in [2.75, 3.05) is 19.7 Å². The molecule has 3 aromatic rings. The molecule has 0 aliphatic heterocycles. The van der Waals surface area contributed by atoms with Gasteiger partial charge in [-0.15, -0.1) is 0 Å². The summed E-state index contributed by atoms with van der Waals surface area (Å²) < 4.78 is 7.39. The van der Waals surface area contributed by atoms with Crippen molar-refractivity contribution in [2.45, 2.75) is 116 Å². The van der Waals surface area contributed by atoms with Gasteiger partial charge < -0.3 is 35.7 Å². The van der Waals surface area contributed by atoms with E-state index >= 15 is 0 Å². The third kappa shape index (κ3) is 15.1. The molecule has 1 heterocycles. The number of unbranched alkanes of at least 4 members (excludes halogenated alkanes) is 2. The fourth-order valence-electron chi connectivity index (χ4n) is 6.71. The van der Waals surface area contributed by atoms with Crippen LogP contribution in [0.2, 0.25) is 5.02 Å². The summed E-state index contributed by atoms with van der Waals surface area (Å²) in [7, 11) is 0. The molecule has 5 N–H and O–H groups in total. The number of rotatable bonds is 22. The van der Waals surface area contributed by atoms with E-state index < -0.39 is 36.6 Å². The molecule has 1 aliphatic carbocycles. The topological polar surface area (TPSA) is 164 Å². The number of nitrogens with one attached hydrogen (secondary N) is 4. The second kappa shape index (κ2) is 23.4. The smallest absolute Gasteiger partial charge is 0.407 e. The predicted octanol–water partition coefficient (Wildman–Crippen LogP) is 5.56. The summed E-state index contributed by atoms with van der Waals surface area (Å²) in [6.45, 7) is 3.18. The number of amides is 4. The van der Waals surface area contributed by atoms with Crippen LogP contribution in [0.5, 0.6) is 0 Å². The average molecular weight is 765 g/mol. The van der Waals surface area contributed by atoms with Crippen molar-refractivity contribution >= 4 is 35.4 Å². The van der Waals surface area contributed by atoms with Crippen molar-refractivity contribution in [2.24, 2.45) is 5.92 Å². The zero-order valence-corrected chi connectivity index (χ0v) is 32.3. The monoisotopic (exact) mass is 764 g/mol. The molecule has 13 heteroatoms. The van der Waals surface area contributed by atoms with Gasteiger partial charge in [0.25, 0.3) is 0 Å². The second-order valence-electron chi connectivity index (χ2n) is 14.2. The third-order valence-corrected chi connectivity index (χ3v) is 10.3. The number of aryl methyl sites for hydroxylation is 3. The van der Waals surface area contributed by atoms with Crippen LogP contribution in [0.4, 0.5) is 4.79 Å². The minimum absolute atomic E-state index is 0.0445. The molecule has 0 bridgehead atoms. The SMILES string of the molecule is Cc1nccn1CCCCc1ccc(CC(=O)N[C@H](CO)C(=O)N[C@H](CCCCNC(=O)OCc2ccccc2Cl)C(=O)NCCC2CCCCC2)cc1. The lowest BCUT2D eigenvalue weighted by molar-refractivity contribution is -0.133. The van der Waals surface area contributed by atoms with Gasteiger partial charge in [-0.2, -0.15) is 0 Å². The summed E-state index contributed by atoms with van der Waals surface area (Å²) >= 11 is 6.13. The number of aromatic nitrogens is 2. The second-order valence-corrected chi connectivity index (χ2v) is 14.6. The minimum Gasteiger partial charge on any atom is -0.445 e. The van der Waals surface area contributed by atoms with Crippen LogP contribution in [0.25, 0.3) is 0 Å². The van der Waals surface area contributed by atoms with E-state index in [1.54, 1.807) is 18.2 Å². The Labute approximate surface area is 324 Å². The maximum atomic E-state index is 13.3. The molecule has 294 valence electrons. The summed E-state index contributed by atoms with van der Waals surface area (Å²) in [5, 5.41) is 21.6. The van der Waals surface area contributed by atoms with Crippen LogP contribution < -0.4 is 21.3 Å². The number of nitrogens with zero attached hydrogens (tertiary/aromatic N) is 2. The molecule has 1 aromatic heterocycles.